The van der Waals surface area contributed by atoms with Crippen LogP contribution in [0.5, 0.6) is 11.5 Å². The van der Waals surface area contributed by atoms with Gasteiger partial charge in [-0.2, -0.15) is 5.26 Å². The molecule has 2 aromatic carbocycles. The SMILES string of the molecule is COc1ccccc1.COc1ccccc1CC#N. The maximum absolute atomic E-state index is 8.43. The second kappa shape index (κ2) is 8.60. The van der Waals surface area contributed by atoms with Crippen LogP contribution in [0.4, 0.5) is 0 Å². The van der Waals surface area contributed by atoms with Gasteiger partial charge in [-0.15, -0.1) is 0 Å². The van der Waals surface area contributed by atoms with Crippen LogP contribution in [0.2, 0.25) is 0 Å². The fraction of sp³-hybridized carbons (Fsp3) is 0.188. The fourth-order valence-electron chi connectivity index (χ4n) is 1.49. The quantitative estimate of drug-likeness (QED) is 0.843. The average molecular weight is 255 g/mol. The standard InChI is InChI=1S/C9H9NO.C7H8O/c1-11-9-5-3-2-4-8(9)6-7-10;1-8-7-5-3-2-4-6-7/h2-5H,6H2,1H3;2-6H,1H3. The lowest BCUT2D eigenvalue weighted by molar-refractivity contribution is 0.411. The molecule has 0 amide bonds. The number of para-hydroxylation sites is 2. The molecule has 0 aliphatic carbocycles. The van der Waals surface area contributed by atoms with Gasteiger partial charge in [0.15, 0.2) is 0 Å². The van der Waals surface area contributed by atoms with E-state index in [1.165, 1.54) is 0 Å². The van der Waals surface area contributed by atoms with Gasteiger partial charge in [0, 0.05) is 5.56 Å². The Hall–Kier alpha value is -2.47. The van der Waals surface area contributed by atoms with Gasteiger partial charge < -0.3 is 9.47 Å². The molecule has 0 bridgehead atoms. The molecule has 0 aromatic heterocycles. The lowest BCUT2D eigenvalue weighted by atomic mass is 10.1. The van der Waals surface area contributed by atoms with Gasteiger partial charge in [0.05, 0.1) is 26.7 Å². The Bertz CT molecular complexity index is 518. The second-order valence-corrected chi connectivity index (χ2v) is 3.66. The molecule has 3 nitrogen and oxygen atoms in total. The molecule has 0 saturated carbocycles. The van der Waals surface area contributed by atoms with Crippen molar-refractivity contribution < 1.29 is 9.47 Å². The number of rotatable bonds is 3. The van der Waals surface area contributed by atoms with Crippen molar-refractivity contribution in [2.45, 2.75) is 6.42 Å². The third-order valence-electron chi connectivity index (χ3n) is 2.44. The molecular formula is C16H17NO2. The summed E-state index contributed by atoms with van der Waals surface area (Å²) >= 11 is 0. The number of benzene rings is 2. The molecule has 0 unspecified atom stereocenters. The zero-order valence-electron chi connectivity index (χ0n) is 11.2. The Balaban J connectivity index is 0.000000200. The molecule has 0 atom stereocenters. The summed E-state index contributed by atoms with van der Waals surface area (Å²) in [5, 5.41) is 8.43. The first-order valence-electron chi connectivity index (χ1n) is 5.89. The molecule has 0 aliphatic heterocycles. The van der Waals surface area contributed by atoms with Crippen LogP contribution in [0, 0.1) is 11.3 Å². The van der Waals surface area contributed by atoms with Crippen LogP contribution >= 0.6 is 0 Å². The highest BCUT2D eigenvalue weighted by Gasteiger charge is 1.98. The summed E-state index contributed by atoms with van der Waals surface area (Å²) in [6, 6.07) is 19.3. The maximum atomic E-state index is 8.43. The first kappa shape index (κ1) is 14.6. The molecule has 0 heterocycles. The summed E-state index contributed by atoms with van der Waals surface area (Å²) in [4.78, 5) is 0. The summed E-state index contributed by atoms with van der Waals surface area (Å²) in [6.45, 7) is 0. The van der Waals surface area contributed by atoms with Crippen LogP contribution in [0.3, 0.4) is 0 Å². The smallest absolute Gasteiger partial charge is 0.123 e. The van der Waals surface area contributed by atoms with Crippen molar-refractivity contribution >= 4 is 0 Å². The van der Waals surface area contributed by atoms with E-state index in [-0.39, 0.29) is 0 Å². The molecule has 0 spiro atoms. The highest BCUT2D eigenvalue weighted by molar-refractivity contribution is 5.34. The summed E-state index contributed by atoms with van der Waals surface area (Å²) in [5.74, 6) is 1.70. The number of methoxy groups -OCH3 is 2. The summed E-state index contributed by atoms with van der Waals surface area (Å²) < 4.78 is 9.96. The summed E-state index contributed by atoms with van der Waals surface area (Å²) in [5.41, 5.74) is 0.942. The molecule has 0 aliphatic rings. The van der Waals surface area contributed by atoms with E-state index in [0.717, 1.165) is 17.1 Å². The second-order valence-electron chi connectivity index (χ2n) is 3.66. The van der Waals surface area contributed by atoms with Gasteiger partial charge in [-0.1, -0.05) is 36.4 Å². The monoisotopic (exact) mass is 255 g/mol. The lowest BCUT2D eigenvalue weighted by Gasteiger charge is -2.02. The third kappa shape index (κ3) is 5.13. The topological polar surface area (TPSA) is 42.2 Å². The number of ether oxygens (including phenoxy) is 2. The fourth-order valence-corrected chi connectivity index (χ4v) is 1.49. The molecule has 2 aromatic rings. The van der Waals surface area contributed by atoms with E-state index in [0.29, 0.717) is 6.42 Å². The molecule has 0 N–H and O–H groups in total. The Morgan fingerprint density at radius 2 is 1.53 bits per heavy atom. The number of nitriles is 1. The minimum atomic E-state index is 0.407. The Kier molecular flexibility index (Phi) is 6.60. The van der Waals surface area contributed by atoms with E-state index in [9.17, 15) is 0 Å². The molecule has 0 fully saturated rings. The predicted octanol–water partition coefficient (Wildman–Crippen LogP) is 3.46. The summed E-state index contributed by atoms with van der Waals surface area (Å²) in [6.07, 6.45) is 0.407. The third-order valence-corrected chi connectivity index (χ3v) is 2.44. The number of hydrogen-bond acceptors (Lipinski definition) is 3. The molecule has 2 rings (SSSR count). The van der Waals surface area contributed by atoms with E-state index in [2.05, 4.69) is 6.07 Å². The van der Waals surface area contributed by atoms with E-state index < -0.39 is 0 Å². The minimum Gasteiger partial charge on any atom is -0.497 e. The van der Waals surface area contributed by atoms with Gasteiger partial charge in [-0.3, -0.25) is 0 Å². The Morgan fingerprint density at radius 1 is 0.895 bits per heavy atom. The van der Waals surface area contributed by atoms with Crippen molar-refractivity contribution in [3.63, 3.8) is 0 Å². The molecule has 0 saturated heterocycles. The van der Waals surface area contributed by atoms with Gasteiger partial charge in [0.2, 0.25) is 0 Å². The molecule has 19 heavy (non-hydrogen) atoms. The van der Waals surface area contributed by atoms with Crippen molar-refractivity contribution in [1.29, 1.82) is 5.26 Å². The van der Waals surface area contributed by atoms with Crippen LogP contribution in [0.1, 0.15) is 5.56 Å². The van der Waals surface area contributed by atoms with Crippen molar-refractivity contribution in [2.75, 3.05) is 14.2 Å². The largest absolute Gasteiger partial charge is 0.497 e. The van der Waals surface area contributed by atoms with Crippen LogP contribution in [0.15, 0.2) is 54.6 Å². The van der Waals surface area contributed by atoms with Crippen LogP contribution in [-0.2, 0) is 6.42 Å². The van der Waals surface area contributed by atoms with E-state index in [1.54, 1.807) is 14.2 Å². The number of hydrogen-bond donors (Lipinski definition) is 0. The maximum Gasteiger partial charge on any atom is 0.123 e. The van der Waals surface area contributed by atoms with Crippen molar-refractivity contribution in [2.24, 2.45) is 0 Å². The Labute approximate surface area is 114 Å². The van der Waals surface area contributed by atoms with Gasteiger partial charge >= 0.3 is 0 Å². The van der Waals surface area contributed by atoms with Crippen molar-refractivity contribution in [1.82, 2.24) is 0 Å². The number of nitrogens with zero attached hydrogens (tertiary/aromatic N) is 1. The highest BCUT2D eigenvalue weighted by atomic mass is 16.5. The zero-order valence-corrected chi connectivity index (χ0v) is 11.2. The summed E-state index contributed by atoms with van der Waals surface area (Å²) in [7, 11) is 3.27. The van der Waals surface area contributed by atoms with E-state index in [1.807, 2.05) is 54.6 Å². The predicted molar refractivity (Wildman–Crippen MR) is 75.3 cm³/mol. The molecule has 0 radical (unpaired) electrons. The van der Waals surface area contributed by atoms with Gasteiger partial charge in [0.1, 0.15) is 11.5 Å². The van der Waals surface area contributed by atoms with Crippen LogP contribution < -0.4 is 9.47 Å². The lowest BCUT2D eigenvalue weighted by Crippen LogP contribution is -1.89. The van der Waals surface area contributed by atoms with E-state index >= 15 is 0 Å². The Morgan fingerprint density at radius 3 is 2.05 bits per heavy atom. The first-order valence-corrected chi connectivity index (χ1v) is 5.89. The van der Waals surface area contributed by atoms with Crippen LogP contribution in [-0.4, -0.2) is 14.2 Å². The van der Waals surface area contributed by atoms with Gasteiger partial charge in [0.25, 0.3) is 0 Å². The zero-order chi connectivity index (χ0) is 13.9. The molecular weight excluding hydrogens is 238 g/mol. The van der Waals surface area contributed by atoms with Gasteiger partial charge in [-0.25, -0.2) is 0 Å². The molecule has 3 heteroatoms. The van der Waals surface area contributed by atoms with Gasteiger partial charge in [-0.05, 0) is 18.2 Å². The van der Waals surface area contributed by atoms with Crippen LogP contribution in [0.25, 0.3) is 0 Å². The molecule has 98 valence electrons. The van der Waals surface area contributed by atoms with E-state index in [4.69, 9.17) is 14.7 Å². The van der Waals surface area contributed by atoms with Crippen molar-refractivity contribution in [3.8, 4) is 17.6 Å². The highest BCUT2D eigenvalue weighted by Crippen LogP contribution is 2.16. The average Bonchev–Trinajstić information content (AvgIpc) is 2.49. The van der Waals surface area contributed by atoms with Crippen molar-refractivity contribution in [3.05, 3.63) is 60.2 Å². The normalized spacial score (nSPS) is 8.68. The first-order chi connectivity index (χ1) is 9.31. The minimum absolute atomic E-state index is 0.407.